The zero-order chi connectivity index (χ0) is 16.7. The lowest BCUT2D eigenvalue weighted by Crippen LogP contribution is -2.38. The van der Waals surface area contributed by atoms with Gasteiger partial charge in [0.1, 0.15) is 6.54 Å². The summed E-state index contributed by atoms with van der Waals surface area (Å²) in [6.45, 7) is 2.39. The lowest BCUT2D eigenvalue weighted by Gasteiger charge is -2.05. The van der Waals surface area contributed by atoms with E-state index in [1.54, 1.807) is 0 Å². The highest BCUT2D eigenvalue weighted by Gasteiger charge is 2.10. The van der Waals surface area contributed by atoms with Crippen LogP contribution in [0.4, 0.5) is 0 Å². The Balaban J connectivity index is 1.85. The zero-order valence-electron chi connectivity index (χ0n) is 12.6. The molecule has 23 heavy (non-hydrogen) atoms. The molecule has 0 aliphatic carbocycles. The number of hydrogen-bond donors (Lipinski definition) is 2. The molecule has 0 aliphatic rings. The predicted octanol–water partition coefficient (Wildman–Crippen LogP) is 0.745. The molecule has 0 spiro atoms. The third-order valence-electron chi connectivity index (χ3n) is 2.86. The van der Waals surface area contributed by atoms with Crippen LogP contribution in [-0.4, -0.2) is 45.1 Å². The van der Waals surface area contributed by atoms with Gasteiger partial charge in [-0.1, -0.05) is 22.9 Å². The standard InChI is InChI=1S/C14H17BrN6O2/c1-2-7-16-12(22)8-17-13(23)9-21-19-14(18-20-21)10-3-5-11(15)6-4-10/h3-6H,2,7-9H2,1H3,(H,16,22)(H,17,23). The molecule has 8 nitrogen and oxygen atoms in total. The topological polar surface area (TPSA) is 102 Å². The molecule has 0 fully saturated rings. The molecule has 2 aromatic rings. The predicted molar refractivity (Wildman–Crippen MR) is 87.3 cm³/mol. The van der Waals surface area contributed by atoms with Crippen molar-refractivity contribution in [2.75, 3.05) is 13.1 Å². The summed E-state index contributed by atoms with van der Waals surface area (Å²) >= 11 is 3.35. The smallest absolute Gasteiger partial charge is 0.244 e. The number of tetrazole rings is 1. The van der Waals surface area contributed by atoms with E-state index in [0.717, 1.165) is 16.5 Å². The molecule has 2 rings (SSSR count). The second kappa shape index (κ2) is 8.37. The summed E-state index contributed by atoms with van der Waals surface area (Å²) < 4.78 is 0.953. The van der Waals surface area contributed by atoms with Gasteiger partial charge in [0.15, 0.2) is 0 Å². The third-order valence-corrected chi connectivity index (χ3v) is 3.39. The van der Waals surface area contributed by atoms with Gasteiger partial charge in [-0.3, -0.25) is 9.59 Å². The first-order chi connectivity index (χ1) is 11.1. The van der Waals surface area contributed by atoms with Crippen molar-refractivity contribution in [3.8, 4) is 11.4 Å². The van der Waals surface area contributed by atoms with Gasteiger partial charge in [0.25, 0.3) is 0 Å². The summed E-state index contributed by atoms with van der Waals surface area (Å²) in [7, 11) is 0. The summed E-state index contributed by atoms with van der Waals surface area (Å²) in [6, 6.07) is 7.45. The molecule has 2 N–H and O–H groups in total. The maximum absolute atomic E-state index is 11.8. The van der Waals surface area contributed by atoms with Crippen LogP contribution in [0.5, 0.6) is 0 Å². The number of benzene rings is 1. The summed E-state index contributed by atoms with van der Waals surface area (Å²) in [5, 5.41) is 17.1. The molecular weight excluding hydrogens is 364 g/mol. The summed E-state index contributed by atoms with van der Waals surface area (Å²) in [6.07, 6.45) is 0.849. The molecule has 0 radical (unpaired) electrons. The number of nitrogens with zero attached hydrogens (tertiary/aromatic N) is 4. The van der Waals surface area contributed by atoms with E-state index in [0.29, 0.717) is 12.4 Å². The first kappa shape index (κ1) is 17.1. The molecule has 9 heteroatoms. The number of carbonyl (C=O) groups is 2. The fourth-order valence-corrected chi connectivity index (χ4v) is 1.98. The fourth-order valence-electron chi connectivity index (χ4n) is 1.71. The zero-order valence-corrected chi connectivity index (χ0v) is 14.2. The average Bonchev–Trinajstić information content (AvgIpc) is 3.00. The number of nitrogens with one attached hydrogen (secondary N) is 2. The minimum Gasteiger partial charge on any atom is -0.355 e. The van der Waals surface area contributed by atoms with E-state index in [2.05, 4.69) is 42.0 Å². The number of hydrogen-bond acceptors (Lipinski definition) is 5. The van der Waals surface area contributed by atoms with E-state index >= 15 is 0 Å². The highest BCUT2D eigenvalue weighted by atomic mass is 79.9. The van der Waals surface area contributed by atoms with Gasteiger partial charge in [0, 0.05) is 16.6 Å². The van der Waals surface area contributed by atoms with Crippen LogP contribution in [-0.2, 0) is 16.1 Å². The van der Waals surface area contributed by atoms with Gasteiger partial charge in [-0.05, 0) is 35.9 Å². The molecule has 0 aliphatic heterocycles. The van der Waals surface area contributed by atoms with Gasteiger partial charge < -0.3 is 10.6 Å². The lowest BCUT2D eigenvalue weighted by atomic mass is 10.2. The van der Waals surface area contributed by atoms with E-state index in [4.69, 9.17) is 0 Å². The van der Waals surface area contributed by atoms with Crippen molar-refractivity contribution >= 4 is 27.7 Å². The van der Waals surface area contributed by atoms with Crippen LogP contribution < -0.4 is 10.6 Å². The Bertz CT molecular complexity index is 670. The van der Waals surface area contributed by atoms with Crippen molar-refractivity contribution in [1.82, 2.24) is 30.8 Å². The van der Waals surface area contributed by atoms with Gasteiger partial charge in [0.2, 0.25) is 17.6 Å². The molecule has 0 saturated carbocycles. The largest absolute Gasteiger partial charge is 0.355 e. The number of aromatic nitrogens is 4. The summed E-state index contributed by atoms with van der Waals surface area (Å²) in [4.78, 5) is 24.3. The van der Waals surface area contributed by atoms with Gasteiger partial charge in [0.05, 0.1) is 6.54 Å². The van der Waals surface area contributed by atoms with Crippen LogP contribution >= 0.6 is 15.9 Å². The van der Waals surface area contributed by atoms with Crippen LogP contribution in [0.3, 0.4) is 0 Å². The molecule has 0 atom stereocenters. The van der Waals surface area contributed by atoms with Gasteiger partial charge in [-0.15, -0.1) is 10.2 Å². The van der Waals surface area contributed by atoms with Crippen molar-refractivity contribution in [1.29, 1.82) is 0 Å². The van der Waals surface area contributed by atoms with E-state index in [1.165, 1.54) is 4.80 Å². The van der Waals surface area contributed by atoms with Crippen LogP contribution in [0, 0.1) is 0 Å². The normalized spacial score (nSPS) is 10.3. The van der Waals surface area contributed by atoms with E-state index in [1.807, 2.05) is 31.2 Å². The molecule has 0 unspecified atom stereocenters. The van der Waals surface area contributed by atoms with Crippen LogP contribution in [0.15, 0.2) is 28.7 Å². The summed E-state index contributed by atoms with van der Waals surface area (Å²) in [5.41, 5.74) is 0.804. The van der Waals surface area contributed by atoms with Crippen molar-refractivity contribution < 1.29 is 9.59 Å². The van der Waals surface area contributed by atoms with Crippen LogP contribution in [0.25, 0.3) is 11.4 Å². The van der Waals surface area contributed by atoms with Crippen molar-refractivity contribution in [2.24, 2.45) is 0 Å². The second-order valence-electron chi connectivity index (χ2n) is 4.78. The molecule has 122 valence electrons. The molecule has 0 saturated heterocycles. The molecular formula is C14H17BrN6O2. The first-order valence-electron chi connectivity index (χ1n) is 7.15. The molecule has 1 heterocycles. The van der Waals surface area contributed by atoms with Crippen LogP contribution in [0.1, 0.15) is 13.3 Å². The fraction of sp³-hybridized carbons (Fsp3) is 0.357. The summed E-state index contributed by atoms with van der Waals surface area (Å²) in [5.74, 6) is -0.135. The Hall–Kier alpha value is -2.29. The Morgan fingerprint density at radius 2 is 1.91 bits per heavy atom. The Kier molecular flexibility index (Phi) is 6.21. The monoisotopic (exact) mass is 380 g/mol. The Labute approximate surface area is 141 Å². The molecule has 0 bridgehead atoms. The van der Waals surface area contributed by atoms with E-state index in [-0.39, 0.29) is 24.9 Å². The second-order valence-corrected chi connectivity index (χ2v) is 5.69. The molecule has 1 aromatic heterocycles. The Morgan fingerprint density at radius 1 is 1.17 bits per heavy atom. The van der Waals surface area contributed by atoms with Gasteiger partial charge in [-0.2, -0.15) is 4.80 Å². The van der Waals surface area contributed by atoms with Crippen LogP contribution in [0.2, 0.25) is 0 Å². The number of rotatable bonds is 7. The maximum atomic E-state index is 11.8. The third kappa shape index (κ3) is 5.44. The Morgan fingerprint density at radius 3 is 2.61 bits per heavy atom. The molecule has 1 aromatic carbocycles. The van der Waals surface area contributed by atoms with E-state index in [9.17, 15) is 9.59 Å². The van der Waals surface area contributed by atoms with Crippen molar-refractivity contribution in [3.63, 3.8) is 0 Å². The van der Waals surface area contributed by atoms with Crippen molar-refractivity contribution in [2.45, 2.75) is 19.9 Å². The highest BCUT2D eigenvalue weighted by Crippen LogP contribution is 2.17. The van der Waals surface area contributed by atoms with Gasteiger partial charge >= 0.3 is 0 Å². The maximum Gasteiger partial charge on any atom is 0.244 e. The quantitative estimate of drug-likeness (QED) is 0.737. The van der Waals surface area contributed by atoms with Crippen molar-refractivity contribution in [3.05, 3.63) is 28.7 Å². The highest BCUT2D eigenvalue weighted by molar-refractivity contribution is 9.10. The lowest BCUT2D eigenvalue weighted by molar-refractivity contribution is -0.126. The minimum atomic E-state index is -0.351. The number of carbonyl (C=O) groups excluding carboxylic acids is 2. The van der Waals surface area contributed by atoms with E-state index < -0.39 is 0 Å². The number of amides is 2. The SMILES string of the molecule is CCCNC(=O)CNC(=O)Cn1nnc(-c2ccc(Br)cc2)n1. The first-order valence-corrected chi connectivity index (χ1v) is 7.95. The molecule has 2 amide bonds. The number of halogens is 1. The minimum absolute atomic E-state index is 0.0624. The van der Waals surface area contributed by atoms with Gasteiger partial charge in [-0.25, -0.2) is 0 Å². The average molecular weight is 381 g/mol.